The van der Waals surface area contributed by atoms with Gasteiger partial charge in [0.1, 0.15) is 0 Å². The number of halogens is 1. The normalized spacial score (nSPS) is 16.4. The highest BCUT2D eigenvalue weighted by atomic mass is 35.5. The number of piperidine rings is 1. The van der Waals surface area contributed by atoms with Gasteiger partial charge in [-0.25, -0.2) is 0 Å². The molecule has 0 radical (unpaired) electrons. The third-order valence-electron chi connectivity index (χ3n) is 5.55. The average molecular weight is 430 g/mol. The number of rotatable bonds is 8. The van der Waals surface area contributed by atoms with E-state index in [0.29, 0.717) is 19.1 Å². The summed E-state index contributed by atoms with van der Waals surface area (Å²) in [5.41, 5.74) is 4.77. The molecule has 1 amide bonds. The second kappa shape index (κ2) is 10.9. The van der Waals surface area contributed by atoms with Crippen molar-refractivity contribution in [1.29, 1.82) is 0 Å². The van der Waals surface area contributed by atoms with Gasteiger partial charge in [0.2, 0.25) is 5.91 Å². The van der Waals surface area contributed by atoms with Gasteiger partial charge in [0, 0.05) is 35.5 Å². The van der Waals surface area contributed by atoms with E-state index in [1.54, 1.807) is 7.11 Å². The third-order valence-corrected chi connectivity index (χ3v) is 5.80. The van der Waals surface area contributed by atoms with Crippen LogP contribution in [0.3, 0.4) is 0 Å². The molecule has 1 aromatic carbocycles. The van der Waals surface area contributed by atoms with Crippen LogP contribution in [0.2, 0.25) is 5.02 Å². The molecule has 5 nitrogen and oxygen atoms in total. The van der Waals surface area contributed by atoms with Gasteiger partial charge in [-0.15, -0.1) is 0 Å². The molecule has 30 heavy (non-hydrogen) atoms. The highest BCUT2D eigenvalue weighted by molar-refractivity contribution is 6.30. The third kappa shape index (κ3) is 6.79. The van der Waals surface area contributed by atoms with Crippen LogP contribution in [0.1, 0.15) is 48.2 Å². The Morgan fingerprint density at radius 1 is 1.23 bits per heavy atom. The summed E-state index contributed by atoms with van der Waals surface area (Å²) in [7, 11) is 1.65. The van der Waals surface area contributed by atoms with E-state index in [1.165, 1.54) is 16.8 Å². The number of carbonyl (C=O) groups excluding carboxylic acids is 1. The van der Waals surface area contributed by atoms with Crippen LogP contribution in [-0.2, 0) is 16.0 Å². The number of likely N-dealkylation sites (tertiary alicyclic amines) is 1. The van der Waals surface area contributed by atoms with Crippen molar-refractivity contribution < 1.29 is 9.53 Å². The molecule has 6 heteroatoms. The summed E-state index contributed by atoms with van der Waals surface area (Å²) >= 11 is 6.00. The molecule has 1 aromatic heterocycles. The maximum absolute atomic E-state index is 12.2. The standard InChI is InChI=1S/C24H32ClN3O2/c1-17-12-20(13-19-4-6-22(25)7-5-19)14-23(26-17)21-8-10-28(11-9-21)15-24(29)27-18(2)16-30-3/h4-7,12,14,18,21H,8-11,13,15-16H2,1-3H3,(H,27,29)/t18-/m1/s1. The number of nitrogens with one attached hydrogen (secondary N) is 1. The first-order valence-electron chi connectivity index (χ1n) is 10.7. The number of amides is 1. The second-order valence-electron chi connectivity index (χ2n) is 8.32. The smallest absolute Gasteiger partial charge is 0.234 e. The molecule has 3 rings (SSSR count). The number of aryl methyl sites for hydroxylation is 1. The lowest BCUT2D eigenvalue weighted by Crippen LogP contribution is -2.44. The number of aromatic nitrogens is 1. The zero-order valence-electron chi connectivity index (χ0n) is 18.2. The molecule has 0 aliphatic carbocycles. The Labute approximate surface area is 184 Å². The van der Waals surface area contributed by atoms with Gasteiger partial charge < -0.3 is 10.1 Å². The molecule has 0 saturated carbocycles. The van der Waals surface area contributed by atoms with Crippen molar-refractivity contribution in [2.24, 2.45) is 0 Å². The molecule has 0 spiro atoms. The lowest BCUT2D eigenvalue weighted by molar-refractivity contribution is -0.123. The number of hydrogen-bond acceptors (Lipinski definition) is 4. The van der Waals surface area contributed by atoms with E-state index in [1.807, 2.05) is 19.1 Å². The predicted octanol–water partition coefficient (Wildman–Crippen LogP) is 3.96. The highest BCUT2D eigenvalue weighted by Gasteiger charge is 2.23. The Balaban J connectivity index is 1.55. The molecule has 0 unspecified atom stereocenters. The minimum atomic E-state index is 0.0376. The van der Waals surface area contributed by atoms with Crippen molar-refractivity contribution in [1.82, 2.24) is 15.2 Å². The fourth-order valence-corrected chi connectivity index (χ4v) is 4.25. The summed E-state index contributed by atoms with van der Waals surface area (Å²) in [6.07, 6.45) is 2.93. The van der Waals surface area contributed by atoms with Crippen molar-refractivity contribution in [3.05, 3.63) is 63.9 Å². The van der Waals surface area contributed by atoms with Crippen molar-refractivity contribution >= 4 is 17.5 Å². The first kappa shape index (κ1) is 22.7. The molecular formula is C24H32ClN3O2. The quantitative estimate of drug-likeness (QED) is 0.690. The van der Waals surface area contributed by atoms with Gasteiger partial charge in [-0.2, -0.15) is 0 Å². The lowest BCUT2D eigenvalue weighted by atomic mass is 9.91. The largest absolute Gasteiger partial charge is 0.383 e. The maximum Gasteiger partial charge on any atom is 0.234 e. The summed E-state index contributed by atoms with van der Waals surface area (Å²) < 4.78 is 5.08. The van der Waals surface area contributed by atoms with Crippen LogP contribution in [0, 0.1) is 6.92 Å². The van der Waals surface area contributed by atoms with Gasteiger partial charge in [0.15, 0.2) is 0 Å². The van der Waals surface area contributed by atoms with Crippen LogP contribution in [-0.4, -0.2) is 55.2 Å². The second-order valence-corrected chi connectivity index (χ2v) is 8.76. The lowest BCUT2D eigenvalue weighted by Gasteiger charge is -2.31. The van der Waals surface area contributed by atoms with Crippen molar-refractivity contribution in [2.45, 2.75) is 45.1 Å². The minimum absolute atomic E-state index is 0.0376. The summed E-state index contributed by atoms with van der Waals surface area (Å²) in [5.74, 6) is 0.512. The van der Waals surface area contributed by atoms with E-state index in [4.69, 9.17) is 21.3 Å². The molecule has 1 aliphatic rings. The van der Waals surface area contributed by atoms with E-state index in [9.17, 15) is 4.79 Å². The van der Waals surface area contributed by atoms with Gasteiger partial charge in [0.05, 0.1) is 13.2 Å². The van der Waals surface area contributed by atoms with Crippen LogP contribution in [0.15, 0.2) is 36.4 Å². The van der Waals surface area contributed by atoms with Crippen LogP contribution in [0.5, 0.6) is 0 Å². The summed E-state index contributed by atoms with van der Waals surface area (Å²) in [5, 5.41) is 3.75. The zero-order chi connectivity index (χ0) is 21.5. The van der Waals surface area contributed by atoms with Crippen molar-refractivity contribution in [3.8, 4) is 0 Å². The molecule has 2 heterocycles. The molecule has 162 valence electrons. The molecular weight excluding hydrogens is 398 g/mol. The molecule has 1 atom stereocenters. The predicted molar refractivity (Wildman–Crippen MR) is 121 cm³/mol. The number of hydrogen-bond donors (Lipinski definition) is 1. The Bertz CT molecular complexity index is 833. The van der Waals surface area contributed by atoms with Crippen molar-refractivity contribution in [2.75, 3.05) is 33.4 Å². The topological polar surface area (TPSA) is 54.5 Å². The number of methoxy groups -OCH3 is 1. The number of benzene rings is 1. The first-order chi connectivity index (χ1) is 14.4. The van der Waals surface area contributed by atoms with Gasteiger partial charge >= 0.3 is 0 Å². The molecule has 2 aromatic rings. The fraction of sp³-hybridized carbons (Fsp3) is 0.500. The van der Waals surface area contributed by atoms with E-state index in [0.717, 1.165) is 43.1 Å². The Morgan fingerprint density at radius 2 is 1.93 bits per heavy atom. The summed E-state index contributed by atoms with van der Waals surface area (Å²) in [4.78, 5) is 19.3. The van der Waals surface area contributed by atoms with Gasteiger partial charge in [-0.3, -0.25) is 14.7 Å². The monoisotopic (exact) mass is 429 g/mol. The van der Waals surface area contributed by atoms with Gasteiger partial charge in [-0.05, 0) is 81.6 Å². The Morgan fingerprint density at radius 3 is 2.60 bits per heavy atom. The SMILES string of the molecule is COC[C@@H](C)NC(=O)CN1CCC(c2cc(Cc3ccc(Cl)cc3)cc(C)n2)CC1. The molecule has 1 fully saturated rings. The number of nitrogens with zero attached hydrogens (tertiary/aromatic N) is 2. The zero-order valence-corrected chi connectivity index (χ0v) is 18.9. The van der Waals surface area contributed by atoms with E-state index in [2.05, 4.69) is 41.4 Å². The minimum Gasteiger partial charge on any atom is -0.383 e. The molecule has 1 aliphatic heterocycles. The molecule has 0 bridgehead atoms. The number of carbonyl (C=O) groups is 1. The maximum atomic E-state index is 12.2. The Hall–Kier alpha value is -1.95. The van der Waals surface area contributed by atoms with Gasteiger partial charge in [-0.1, -0.05) is 23.7 Å². The van der Waals surface area contributed by atoms with E-state index < -0.39 is 0 Å². The first-order valence-corrected chi connectivity index (χ1v) is 11.0. The van der Waals surface area contributed by atoms with Crippen molar-refractivity contribution in [3.63, 3.8) is 0 Å². The highest BCUT2D eigenvalue weighted by Crippen LogP contribution is 2.28. The van der Waals surface area contributed by atoms with Gasteiger partial charge in [0.25, 0.3) is 0 Å². The van der Waals surface area contributed by atoms with Crippen LogP contribution in [0.25, 0.3) is 0 Å². The summed E-state index contributed by atoms with van der Waals surface area (Å²) in [6.45, 7) is 6.83. The van der Waals surface area contributed by atoms with Crippen LogP contribution >= 0.6 is 11.6 Å². The van der Waals surface area contributed by atoms with E-state index in [-0.39, 0.29) is 11.9 Å². The summed E-state index contributed by atoms with van der Waals surface area (Å²) in [6, 6.07) is 12.5. The molecule has 1 saturated heterocycles. The van der Waals surface area contributed by atoms with Crippen LogP contribution < -0.4 is 5.32 Å². The van der Waals surface area contributed by atoms with Crippen LogP contribution in [0.4, 0.5) is 0 Å². The Kier molecular flexibility index (Phi) is 8.25. The fourth-order valence-electron chi connectivity index (χ4n) is 4.12. The average Bonchev–Trinajstić information content (AvgIpc) is 2.70. The molecule has 1 N–H and O–H groups in total. The van der Waals surface area contributed by atoms with E-state index >= 15 is 0 Å². The number of pyridine rings is 1. The number of ether oxygens (including phenoxy) is 1.